The van der Waals surface area contributed by atoms with Crippen LogP contribution < -0.4 is 10.5 Å². The maximum atomic E-state index is 12.4. The number of benzene rings is 2. The van der Waals surface area contributed by atoms with Crippen LogP contribution in [0.3, 0.4) is 0 Å². The smallest absolute Gasteiger partial charge is 0.193 e. The largest absolute Gasteiger partial charge is 0.495 e. The number of carbonyl (C=O) groups excluding carboxylic acids is 1. The number of ketones is 1. The molecule has 0 fully saturated rings. The van der Waals surface area contributed by atoms with Gasteiger partial charge in [-0.2, -0.15) is 0 Å². The summed E-state index contributed by atoms with van der Waals surface area (Å²) in [5.74, 6) is 0.332. The third kappa shape index (κ3) is 3.08. The summed E-state index contributed by atoms with van der Waals surface area (Å²) in [6.07, 6.45) is 0. The van der Waals surface area contributed by atoms with E-state index in [1.165, 1.54) is 7.11 Å². The first-order valence-corrected chi connectivity index (χ1v) is 6.62. The van der Waals surface area contributed by atoms with Crippen molar-refractivity contribution in [1.29, 1.82) is 0 Å². The van der Waals surface area contributed by atoms with Gasteiger partial charge < -0.3 is 10.5 Å². The van der Waals surface area contributed by atoms with Crippen molar-refractivity contribution in [3.8, 4) is 5.75 Å². The van der Waals surface area contributed by atoms with E-state index in [1.54, 1.807) is 36.4 Å². The minimum atomic E-state index is -0.136. The molecule has 0 saturated carbocycles. The molecule has 0 bridgehead atoms. The molecule has 0 aliphatic carbocycles. The van der Waals surface area contributed by atoms with Crippen molar-refractivity contribution in [2.24, 2.45) is 0 Å². The maximum absolute atomic E-state index is 12.4. The van der Waals surface area contributed by atoms with Gasteiger partial charge >= 0.3 is 0 Å². The van der Waals surface area contributed by atoms with E-state index in [1.807, 2.05) is 0 Å². The molecule has 19 heavy (non-hydrogen) atoms. The van der Waals surface area contributed by atoms with Gasteiger partial charge in [-0.15, -0.1) is 0 Å². The van der Waals surface area contributed by atoms with Crippen LogP contribution in [0, 0.1) is 0 Å². The Kier molecular flexibility index (Phi) is 4.12. The van der Waals surface area contributed by atoms with Crippen molar-refractivity contribution in [1.82, 2.24) is 0 Å². The number of halogens is 2. The van der Waals surface area contributed by atoms with Gasteiger partial charge in [-0.1, -0.05) is 27.5 Å². The second kappa shape index (κ2) is 5.63. The standard InChI is InChI=1S/C14H11BrClNO2/c1-19-13-6-8(2-3-12(13)16)14(18)9-4-10(15)7-11(17)5-9/h2-7H,17H2,1H3. The summed E-state index contributed by atoms with van der Waals surface area (Å²) >= 11 is 9.25. The van der Waals surface area contributed by atoms with E-state index in [2.05, 4.69) is 15.9 Å². The lowest BCUT2D eigenvalue weighted by atomic mass is 10.0. The maximum Gasteiger partial charge on any atom is 0.193 e. The SMILES string of the molecule is COc1cc(C(=O)c2cc(N)cc(Br)c2)ccc1Cl. The zero-order valence-electron chi connectivity index (χ0n) is 10.1. The Morgan fingerprint density at radius 3 is 2.58 bits per heavy atom. The minimum absolute atomic E-state index is 0.136. The molecular formula is C14H11BrClNO2. The van der Waals surface area contributed by atoms with Gasteiger partial charge in [0.1, 0.15) is 5.75 Å². The average Bonchev–Trinajstić information content (AvgIpc) is 2.37. The van der Waals surface area contributed by atoms with Gasteiger partial charge in [-0.25, -0.2) is 0 Å². The quantitative estimate of drug-likeness (QED) is 0.680. The lowest BCUT2D eigenvalue weighted by molar-refractivity contribution is 0.103. The molecule has 2 N–H and O–H groups in total. The van der Waals surface area contributed by atoms with Gasteiger partial charge in [0.2, 0.25) is 0 Å². The van der Waals surface area contributed by atoms with Crippen molar-refractivity contribution < 1.29 is 9.53 Å². The molecule has 0 amide bonds. The molecule has 0 aromatic heterocycles. The first-order valence-electron chi connectivity index (χ1n) is 5.45. The van der Waals surface area contributed by atoms with E-state index in [4.69, 9.17) is 22.1 Å². The first-order chi connectivity index (χ1) is 9.01. The lowest BCUT2D eigenvalue weighted by Gasteiger charge is -2.07. The molecule has 0 radical (unpaired) electrons. The third-order valence-corrected chi connectivity index (χ3v) is 3.37. The molecular weight excluding hydrogens is 330 g/mol. The summed E-state index contributed by atoms with van der Waals surface area (Å²) < 4.78 is 5.86. The fourth-order valence-electron chi connectivity index (χ4n) is 1.71. The fraction of sp³-hybridized carbons (Fsp3) is 0.0714. The second-order valence-corrected chi connectivity index (χ2v) is 5.27. The van der Waals surface area contributed by atoms with Crippen LogP contribution in [0.1, 0.15) is 15.9 Å². The Morgan fingerprint density at radius 1 is 1.21 bits per heavy atom. The molecule has 0 saturated heterocycles. The highest BCUT2D eigenvalue weighted by molar-refractivity contribution is 9.10. The van der Waals surface area contributed by atoms with E-state index in [-0.39, 0.29) is 5.78 Å². The summed E-state index contributed by atoms with van der Waals surface area (Å²) in [4.78, 5) is 12.4. The van der Waals surface area contributed by atoms with Gasteiger partial charge in [0, 0.05) is 21.3 Å². The monoisotopic (exact) mass is 339 g/mol. The Morgan fingerprint density at radius 2 is 1.95 bits per heavy atom. The van der Waals surface area contributed by atoms with Crippen molar-refractivity contribution in [3.05, 3.63) is 57.0 Å². The van der Waals surface area contributed by atoms with E-state index >= 15 is 0 Å². The van der Waals surface area contributed by atoms with Crippen molar-refractivity contribution >= 4 is 39.0 Å². The number of hydrogen-bond acceptors (Lipinski definition) is 3. The number of anilines is 1. The van der Waals surface area contributed by atoms with Crippen LogP contribution in [0.25, 0.3) is 0 Å². The Labute approximate surface area is 124 Å². The highest BCUT2D eigenvalue weighted by Gasteiger charge is 2.12. The van der Waals surface area contributed by atoms with Gasteiger partial charge in [-0.3, -0.25) is 4.79 Å². The molecule has 2 aromatic carbocycles. The third-order valence-electron chi connectivity index (χ3n) is 2.60. The van der Waals surface area contributed by atoms with Gasteiger partial charge in [0.05, 0.1) is 12.1 Å². The summed E-state index contributed by atoms with van der Waals surface area (Å²) in [5, 5.41) is 0.466. The highest BCUT2D eigenvalue weighted by Crippen LogP contribution is 2.27. The Hall–Kier alpha value is -1.52. The van der Waals surface area contributed by atoms with Crippen LogP contribution in [0.2, 0.25) is 5.02 Å². The van der Waals surface area contributed by atoms with Crippen molar-refractivity contribution in [2.75, 3.05) is 12.8 Å². The van der Waals surface area contributed by atoms with Gasteiger partial charge in [0.25, 0.3) is 0 Å². The van der Waals surface area contributed by atoms with Crippen LogP contribution >= 0.6 is 27.5 Å². The number of rotatable bonds is 3. The average molecular weight is 341 g/mol. The summed E-state index contributed by atoms with van der Waals surface area (Å²) in [6.45, 7) is 0. The number of ether oxygens (including phenoxy) is 1. The fourth-order valence-corrected chi connectivity index (χ4v) is 2.42. The first kappa shape index (κ1) is 13.9. The molecule has 2 rings (SSSR count). The molecule has 0 unspecified atom stereocenters. The summed E-state index contributed by atoms with van der Waals surface area (Å²) in [6, 6.07) is 9.99. The van der Waals surface area contributed by atoms with Crippen molar-refractivity contribution in [2.45, 2.75) is 0 Å². The summed E-state index contributed by atoms with van der Waals surface area (Å²) in [7, 11) is 1.51. The number of hydrogen-bond donors (Lipinski definition) is 1. The molecule has 0 aliphatic rings. The number of nitrogens with two attached hydrogens (primary N) is 1. The topological polar surface area (TPSA) is 52.3 Å². The number of carbonyl (C=O) groups is 1. The van der Waals surface area contributed by atoms with E-state index in [0.717, 1.165) is 4.47 Å². The van der Waals surface area contributed by atoms with E-state index in [0.29, 0.717) is 27.6 Å². The molecule has 2 aromatic rings. The number of methoxy groups -OCH3 is 1. The molecule has 0 heterocycles. The molecule has 98 valence electrons. The van der Waals surface area contributed by atoms with Crippen LogP contribution in [-0.2, 0) is 0 Å². The summed E-state index contributed by atoms with van der Waals surface area (Å²) in [5.41, 5.74) is 7.26. The normalized spacial score (nSPS) is 10.3. The molecule has 0 spiro atoms. The molecule has 0 atom stereocenters. The number of nitrogen functional groups attached to an aromatic ring is 1. The van der Waals surface area contributed by atoms with Gasteiger partial charge in [0.15, 0.2) is 5.78 Å². The van der Waals surface area contributed by atoms with E-state index in [9.17, 15) is 4.79 Å². The van der Waals surface area contributed by atoms with Crippen molar-refractivity contribution in [3.63, 3.8) is 0 Å². The minimum Gasteiger partial charge on any atom is -0.495 e. The zero-order valence-corrected chi connectivity index (χ0v) is 12.5. The molecule has 3 nitrogen and oxygen atoms in total. The predicted molar refractivity (Wildman–Crippen MR) is 80.0 cm³/mol. The zero-order chi connectivity index (χ0) is 14.0. The predicted octanol–water partition coefficient (Wildman–Crippen LogP) is 3.92. The van der Waals surface area contributed by atoms with Crippen LogP contribution in [0.15, 0.2) is 40.9 Å². The molecule has 5 heteroatoms. The Bertz CT molecular complexity index is 623. The van der Waals surface area contributed by atoms with Gasteiger partial charge in [-0.05, 0) is 36.4 Å². The second-order valence-electron chi connectivity index (χ2n) is 3.95. The lowest BCUT2D eigenvalue weighted by Crippen LogP contribution is -2.03. The van der Waals surface area contributed by atoms with E-state index < -0.39 is 0 Å². The Balaban J connectivity index is 2.43. The van der Waals surface area contributed by atoms with Crippen LogP contribution in [0.4, 0.5) is 5.69 Å². The molecule has 0 aliphatic heterocycles. The van der Waals surface area contributed by atoms with Crippen LogP contribution in [0.5, 0.6) is 5.75 Å². The highest BCUT2D eigenvalue weighted by atomic mass is 79.9. The van der Waals surface area contributed by atoms with Crippen LogP contribution in [-0.4, -0.2) is 12.9 Å².